The molecule has 0 saturated heterocycles. The summed E-state index contributed by atoms with van der Waals surface area (Å²) in [5.74, 6) is 2.07. The van der Waals surface area contributed by atoms with Gasteiger partial charge in [-0.2, -0.15) is 0 Å². The van der Waals surface area contributed by atoms with Gasteiger partial charge in [-0.15, -0.1) is 0 Å². The second kappa shape index (κ2) is 7.90. The van der Waals surface area contributed by atoms with Crippen molar-refractivity contribution in [2.75, 3.05) is 20.8 Å². The maximum atomic E-state index is 6.42. The minimum absolute atomic E-state index is 0.311. The standard InChI is InChI=1S/C17H26ClNO2/c1-4-11-19-16(12-7-5-6-8-12)13-9-10-14(20-2)15(18)17(13)21-3/h9-10,12,16,19H,4-8,11H2,1-3H3. The number of nitrogens with one attached hydrogen (secondary N) is 1. The zero-order valence-corrected chi connectivity index (χ0v) is 14.0. The van der Waals surface area contributed by atoms with Crippen molar-refractivity contribution in [1.29, 1.82) is 0 Å². The van der Waals surface area contributed by atoms with Crippen LogP contribution in [-0.2, 0) is 0 Å². The largest absolute Gasteiger partial charge is 0.495 e. The summed E-state index contributed by atoms with van der Waals surface area (Å²) in [7, 11) is 3.31. The minimum Gasteiger partial charge on any atom is -0.495 e. The summed E-state index contributed by atoms with van der Waals surface area (Å²) in [5.41, 5.74) is 1.16. The first kappa shape index (κ1) is 16.4. The molecule has 118 valence electrons. The summed E-state index contributed by atoms with van der Waals surface area (Å²) in [6.45, 7) is 3.20. The van der Waals surface area contributed by atoms with Gasteiger partial charge in [-0.3, -0.25) is 0 Å². The Labute approximate surface area is 133 Å². The molecule has 1 aliphatic rings. The number of hydrogen-bond donors (Lipinski definition) is 1. The van der Waals surface area contributed by atoms with Crippen LogP contribution in [0.4, 0.5) is 0 Å². The van der Waals surface area contributed by atoms with Crippen molar-refractivity contribution in [2.24, 2.45) is 5.92 Å². The van der Waals surface area contributed by atoms with Gasteiger partial charge in [-0.25, -0.2) is 0 Å². The fraction of sp³-hybridized carbons (Fsp3) is 0.647. The Hall–Kier alpha value is -0.930. The smallest absolute Gasteiger partial charge is 0.146 e. The summed E-state index contributed by atoms with van der Waals surface area (Å²) >= 11 is 6.42. The van der Waals surface area contributed by atoms with E-state index in [0.717, 1.165) is 24.3 Å². The topological polar surface area (TPSA) is 30.5 Å². The summed E-state index contributed by atoms with van der Waals surface area (Å²) in [6.07, 6.45) is 6.31. The van der Waals surface area contributed by atoms with Gasteiger partial charge in [-0.1, -0.05) is 31.4 Å². The van der Waals surface area contributed by atoms with Crippen LogP contribution in [-0.4, -0.2) is 20.8 Å². The van der Waals surface area contributed by atoms with Crippen LogP contribution in [0.5, 0.6) is 11.5 Å². The van der Waals surface area contributed by atoms with Crippen LogP contribution in [0.3, 0.4) is 0 Å². The van der Waals surface area contributed by atoms with Crippen LogP contribution in [0.1, 0.15) is 50.6 Å². The Morgan fingerprint density at radius 1 is 1.24 bits per heavy atom. The van der Waals surface area contributed by atoms with Crippen molar-refractivity contribution in [1.82, 2.24) is 5.32 Å². The Morgan fingerprint density at radius 2 is 1.95 bits per heavy atom. The lowest BCUT2D eigenvalue weighted by atomic mass is 9.90. The number of benzene rings is 1. The van der Waals surface area contributed by atoms with E-state index >= 15 is 0 Å². The number of halogens is 1. The van der Waals surface area contributed by atoms with E-state index in [-0.39, 0.29) is 0 Å². The van der Waals surface area contributed by atoms with Crippen molar-refractivity contribution in [3.05, 3.63) is 22.7 Å². The molecule has 1 N–H and O–H groups in total. The first-order valence-corrected chi connectivity index (χ1v) is 8.24. The van der Waals surface area contributed by atoms with Gasteiger partial charge in [0.2, 0.25) is 0 Å². The Morgan fingerprint density at radius 3 is 2.52 bits per heavy atom. The normalized spacial score (nSPS) is 17.0. The van der Waals surface area contributed by atoms with Gasteiger partial charge in [-0.05, 0) is 43.9 Å². The first-order valence-electron chi connectivity index (χ1n) is 7.86. The second-order valence-electron chi connectivity index (χ2n) is 5.68. The van der Waals surface area contributed by atoms with Crippen LogP contribution >= 0.6 is 11.6 Å². The number of ether oxygens (including phenoxy) is 2. The molecule has 2 rings (SSSR count). The Kier molecular flexibility index (Phi) is 6.19. The molecular formula is C17H26ClNO2. The molecular weight excluding hydrogens is 286 g/mol. The molecule has 1 unspecified atom stereocenters. The molecule has 1 aromatic rings. The lowest BCUT2D eigenvalue weighted by Crippen LogP contribution is -2.28. The number of methoxy groups -OCH3 is 2. The SMILES string of the molecule is CCCNC(c1ccc(OC)c(Cl)c1OC)C1CCCC1. The van der Waals surface area contributed by atoms with Crippen LogP contribution in [0.25, 0.3) is 0 Å². The molecule has 1 atom stereocenters. The van der Waals surface area contributed by atoms with Crippen LogP contribution in [0.2, 0.25) is 5.02 Å². The van der Waals surface area contributed by atoms with E-state index in [9.17, 15) is 0 Å². The molecule has 1 aliphatic carbocycles. The van der Waals surface area contributed by atoms with Gasteiger partial charge in [0.25, 0.3) is 0 Å². The molecule has 21 heavy (non-hydrogen) atoms. The summed E-state index contributed by atoms with van der Waals surface area (Å²) < 4.78 is 10.9. The monoisotopic (exact) mass is 311 g/mol. The number of hydrogen-bond acceptors (Lipinski definition) is 3. The lowest BCUT2D eigenvalue weighted by molar-refractivity contribution is 0.342. The highest BCUT2D eigenvalue weighted by Crippen LogP contribution is 2.44. The molecule has 3 nitrogen and oxygen atoms in total. The molecule has 0 aromatic heterocycles. The quantitative estimate of drug-likeness (QED) is 0.799. The molecule has 1 fully saturated rings. The van der Waals surface area contributed by atoms with Gasteiger partial charge >= 0.3 is 0 Å². The Balaban J connectivity index is 2.35. The van der Waals surface area contributed by atoms with E-state index in [2.05, 4.69) is 18.3 Å². The van der Waals surface area contributed by atoms with Crippen LogP contribution in [0, 0.1) is 5.92 Å². The molecule has 4 heteroatoms. The average Bonchev–Trinajstić information content (AvgIpc) is 3.02. The fourth-order valence-electron chi connectivity index (χ4n) is 3.28. The molecule has 0 spiro atoms. The van der Waals surface area contributed by atoms with E-state index in [0.29, 0.717) is 22.7 Å². The second-order valence-corrected chi connectivity index (χ2v) is 6.06. The highest BCUT2D eigenvalue weighted by atomic mass is 35.5. The third kappa shape index (κ3) is 3.64. The predicted molar refractivity (Wildman–Crippen MR) is 87.5 cm³/mol. The molecule has 0 aliphatic heterocycles. The zero-order chi connectivity index (χ0) is 15.2. The summed E-state index contributed by atoms with van der Waals surface area (Å²) in [4.78, 5) is 0. The number of rotatable bonds is 7. The minimum atomic E-state index is 0.311. The van der Waals surface area contributed by atoms with E-state index in [4.69, 9.17) is 21.1 Å². The molecule has 0 heterocycles. The van der Waals surface area contributed by atoms with Crippen molar-refractivity contribution in [3.63, 3.8) is 0 Å². The van der Waals surface area contributed by atoms with E-state index in [1.165, 1.54) is 25.7 Å². The fourth-order valence-corrected chi connectivity index (χ4v) is 3.61. The van der Waals surface area contributed by atoms with E-state index in [1.807, 2.05) is 6.07 Å². The lowest BCUT2D eigenvalue weighted by Gasteiger charge is -2.27. The van der Waals surface area contributed by atoms with Crippen molar-refractivity contribution >= 4 is 11.6 Å². The third-order valence-corrected chi connectivity index (χ3v) is 4.69. The van der Waals surface area contributed by atoms with Gasteiger partial charge in [0.15, 0.2) is 0 Å². The van der Waals surface area contributed by atoms with Crippen LogP contribution in [0.15, 0.2) is 12.1 Å². The maximum Gasteiger partial charge on any atom is 0.146 e. The zero-order valence-electron chi connectivity index (χ0n) is 13.2. The average molecular weight is 312 g/mol. The van der Waals surface area contributed by atoms with Crippen LogP contribution < -0.4 is 14.8 Å². The third-order valence-electron chi connectivity index (χ3n) is 4.34. The van der Waals surface area contributed by atoms with E-state index < -0.39 is 0 Å². The van der Waals surface area contributed by atoms with Crippen molar-refractivity contribution in [2.45, 2.75) is 45.1 Å². The van der Waals surface area contributed by atoms with Gasteiger partial charge in [0.1, 0.15) is 16.5 Å². The predicted octanol–water partition coefficient (Wildman–Crippen LogP) is 4.59. The van der Waals surface area contributed by atoms with Gasteiger partial charge in [0, 0.05) is 11.6 Å². The first-order chi connectivity index (χ1) is 10.2. The van der Waals surface area contributed by atoms with E-state index in [1.54, 1.807) is 14.2 Å². The molecule has 0 amide bonds. The van der Waals surface area contributed by atoms with Crippen molar-refractivity contribution < 1.29 is 9.47 Å². The van der Waals surface area contributed by atoms with Crippen molar-refractivity contribution in [3.8, 4) is 11.5 Å². The molecule has 0 radical (unpaired) electrons. The molecule has 1 aromatic carbocycles. The van der Waals surface area contributed by atoms with Gasteiger partial charge < -0.3 is 14.8 Å². The maximum absolute atomic E-state index is 6.42. The highest BCUT2D eigenvalue weighted by molar-refractivity contribution is 6.33. The van der Waals surface area contributed by atoms with Gasteiger partial charge in [0.05, 0.1) is 14.2 Å². The summed E-state index contributed by atoms with van der Waals surface area (Å²) in [6, 6.07) is 4.34. The molecule has 0 bridgehead atoms. The highest BCUT2D eigenvalue weighted by Gasteiger charge is 2.29. The Bertz CT molecular complexity index is 458. The molecule has 1 saturated carbocycles. The summed E-state index contributed by atoms with van der Waals surface area (Å²) in [5, 5.41) is 4.26.